The van der Waals surface area contributed by atoms with Crippen LogP contribution in [0.5, 0.6) is 0 Å². The summed E-state index contributed by atoms with van der Waals surface area (Å²) < 4.78 is 6.96. The second kappa shape index (κ2) is 16.7. The summed E-state index contributed by atoms with van der Waals surface area (Å²) in [6.07, 6.45) is 0.209. The summed E-state index contributed by atoms with van der Waals surface area (Å²) in [5.41, 5.74) is 11.1. The van der Waals surface area contributed by atoms with Crippen LogP contribution in [0.15, 0.2) is 47.5 Å². The third-order valence-electron chi connectivity index (χ3n) is 9.13. The first-order chi connectivity index (χ1) is 24.6. The predicted octanol–water partition coefficient (Wildman–Crippen LogP) is 4.56. The number of halogens is 2. The predicted molar refractivity (Wildman–Crippen MR) is 205 cm³/mol. The van der Waals surface area contributed by atoms with Gasteiger partial charge in [-0.3, -0.25) is 19.1 Å². The topological polar surface area (TPSA) is 148 Å². The number of ether oxygens (including phenoxy) is 1. The average molecular weight is 764 g/mol. The number of carbonyl (C=O) groups excluding carboxylic acids is 3. The number of hydrogen-bond acceptors (Lipinski definition) is 10. The lowest BCUT2D eigenvalue weighted by molar-refractivity contribution is -0.131. The summed E-state index contributed by atoms with van der Waals surface area (Å²) in [6.45, 7) is 8.65. The molecule has 4 aromatic rings. The Morgan fingerprint density at radius 1 is 1.06 bits per heavy atom. The zero-order chi connectivity index (χ0) is 36.2. The quantitative estimate of drug-likeness (QED) is 0.196. The van der Waals surface area contributed by atoms with E-state index in [0.29, 0.717) is 54.0 Å². The Kier molecular flexibility index (Phi) is 12.4. The maximum Gasteiger partial charge on any atom is 0.339 e. The van der Waals surface area contributed by atoms with E-state index in [1.54, 1.807) is 28.4 Å². The van der Waals surface area contributed by atoms with Crippen LogP contribution in [0.3, 0.4) is 0 Å². The van der Waals surface area contributed by atoms with Crippen LogP contribution in [0.1, 0.15) is 68.0 Å². The number of fused-ring (bicyclic) bond motifs is 3. The molecule has 52 heavy (non-hydrogen) atoms. The highest BCUT2D eigenvalue weighted by molar-refractivity contribution is 7.15. The Morgan fingerprint density at radius 2 is 1.79 bits per heavy atom. The highest BCUT2D eigenvalue weighted by Gasteiger charge is 2.32. The fourth-order valence-electron chi connectivity index (χ4n) is 6.32. The third-order valence-corrected chi connectivity index (χ3v) is 10.6. The monoisotopic (exact) mass is 762 g/mol. The molecule has 15 heteroatoms. The van der Waals surface area contributed by atoms with E-state index in [0.717, 1.165) is 33.1 Å². The van der Waals surface area contributed by atoms with E-state index >= 15 is 0 Å². The molecule has 0 radical (unpaired) electrons. The van der Waals surface area contributed by atoms with E-state index in [-0.39, 0.29) is 50.2 Å². The van der Waals surface area contributed by atoms with Gasteiger partial charge in [0.15, 0.2) is 5.82 Å². The van der Waals surface area contributed by atoms with E-state index in [2.05, 4.69) is 46.1 Å². The van der Waals surface area contributed by atoms with E-state index in [9.17, 15) is 14.4 Å². The van der Waals surface area contributed by atoms with Gasteiger partial charge < -0.3 is 25.6 Å². The fraction of sp³-hybridized carbons (Fsp3) is 0.351. The summed E-state index contributed by atoms with van der Waals surface area (Å²) in [7, 11) is 1.33. The number of amides is 2. The number of nitrogens with one attached hydrogen (secondary N) is 1. The normalized spacial score (nSPS) is 14.9. The molecular formula is C37H40Cl2N8O4S. The Hall–Kier alpha value is -4.74. The summed E-state index contributed by atoms with van der Waals surface area (Å²) >= 11 is 7.87. The summed E-state index contributed by atoms with van der Waals surface area (Å²) in [5, 5.41) is 13.4. The number of benzene rings is 2. The van der Waals surface area contributed by atoms with Crippen molar-refractivity contribution in [1.29, 1.82) is 0 Å². The molecule has 0 unspecified atom stereocenters. The number of rotatable bonds is 8. The second-order valence-corrected chi connectivity index (χ2v) is 13.9. The molecule has 6 rings (SSSR count). The fourth-order valence-corrected chi connectivity index (χ4v) is 7.66. The Balaban J connectivity index is 0.00000523. The molecule has 3 N–H and O–H groups in total. The first-order valence-electron chi connectivity index (χ1n) is 16.7. The number of thiophene rings is 1. The van der Waals surface area contributed by atoms with Crippen LogP contribution >= 0.6 is 35.3 Å². The van der Waals surface area contributed by atoms with Crippen molar-refractivity contribution >= 4 is 64.5 Å². The second-order valence-electron chi connectivity index (χ2n) is 12.3. The van der Waals surface area contributed by atoms with Crippen LogP contribution < -0.4 is 16.0 Å². The maximum absolute atomic E-state index is 13.4. The molecule has 4 heterocycles. The number of aryl methyl sites for hydroxylation is 2. The minimum absolute atomic E-state index is 0. The third kappa shape index (κ3) is 8.00. The summed E-state index contributed by atoms with van der Waals surface area (Å²) in [6, 6.07) is 12.4. The number of esters is 1. The lowest BCUT2D eigenvalue weighted by Gasteiger charge is -2.36. The van der Waals surface area contributed by atoms with Crippen molar-refractivity contribution in [2.75, 3.05) is 51.3 Å². The zero-order valence-corrected chi connectivity index (χ0v) is 31.8. The van der Waals surface area contributed by atoms with Gasteiger partial charge in [0.1, 0.15) is 16.9 Å². The van der Waals surface area contributed by atoms with Crippen molar-refractivity contribution in [3.8, 4) is 16.8 Å². The molecule has 0 saturated carbocycles. The van der Waals surface area contributed by atoms with Crippen LogP contribution in [0.25, 0.3) is 5.00 Å². The highest BCUT2D eigenvalue weighted by Crippen LogP contribution is 2.39. The average Bonchev–Trinajstić information content (AvgIpc) is 3.62. The van der Waals surface area contributed by atoms with E-state index in [4.69, 9.17) is 27.1 Å². The molecule has 2 aliphatic rings. The van der Waals surface area contributed by atoms with Crippen LogP contribution in [0.4, 0.5) is 5.69 Å². The SMILES string of the molecule is COC(=O)c1cc(N2CCN(C(=O)CCNC(=O)C[C@@H]3N=C(c4ccc(Cl)cc4)c4c(sc(C)c4C)-n4c(C)nnc43)CC2)ccc1C#CCN.Cl. The molecule has 2 aromatic heterocycles. The number of aromatic nitrogens is 3. The molecular weight excluding hydrogens is 723 g/mol. The van der Waals surface area contributed by atoms with Gasteiger partial charge in [-0.2, -0.15) is 0 Å². The standard InChI is InChI=1S/C37H39ClN8O4S.ClH/c1-22-23(2)51-36-33(22)34(26-7-10-27(38)11-8-26)41-30(35-43-42-24(3)46(35)36)21-31(47)40-15-13-32(48)45-18-16-44(17-19-45)28-12-9-25(6-5-14-39)29(20-28)37(49)50-4;/h7-12,20,30H,13-19,21,39H2,1-4H3,(H,40,47);1H/t30-;/m0./s1. The Labute approximate surface area is 317 Å². The van der Waals surface area contributed by atoms with Gasteiger partial charge >= 0.3 is 5.97 Å². The van der Waals surface area contributed by atoms with Gasteiger partial charge in [0.05, 0.1) is 31.4 Å². The number of anilines is 1. The zero-order valence-electron chi connectivity index (χ0n) is 29.4. The molecule has 0 aliphatic carbocycles. The molecule has 1 atom stereocenters. The number of aliphatic imine (C=N–C) groups is 1. The molecule has 12 nitrogen and oxygen atoms in total. The van der Waals surface area contributed by atoms with Gasteiger partial charge in [-0.25, -0.2) is 4.79 Å². The number of carbonyl (C=O) groups is 3. The molecule has 1 fully saturated rings. The van der Waals surface area contributed by atoms with Crippen molar-refractivity contribution in [2.45, 2.75) is 39.7 Å². The highest BCUT2D eigenvalue weighted by atomic mass is 35.5. The number of methoxy groups -OCH3 is 1. The van der Waals surface area contributed by atoms with Crippen LogP contribution in [-0.2, 0) is 14.3 Å². The number of nitrogens with zero attached hydrogens (tertiary/aromatic N) is 6. The van der Waals surface area contributed by atoms with Gasteiger partial charge in [-0.15, -0.1) is 33.9 Å². The Bertz CT molecular complexity index is 2070. The summed E-state index contributed by atoms with van der Waals surface area (Å²) in [5.74, 6) is 6.27. The van der Waals surface area contributed by atoms with Crippen molar-refractivity contribution in [2.24, 2.45) is 10.7 Å². The number of hydrogen-bond donors (Lipinski definition) is 2. The molecule has 0 bridgehead atoms. The lowest BCUT2D eigenvalue weighted by atomic mass is 9.99. The molecule has 2 aromatic carbocycles. The van der Waals surface area contributed by atoms with E-state index < -0.39 is 12.0 Å². The van der Waals surface area contributed by atoms with Crippen LogP contribution in [0.2, 0.25) is 5.02 Å². The van der Waals surface area contributed by atoms with Crippen molar-refractivity contribution in [3.63, 3.8) is 0 Å². The van der Waals surface area contributed by atoms with E-state index in [1.807, 2.05) is 41.8 Å². The first-order valence-corrected chi connectivity index (χ1v) is 17.9. The first kappa shape index (κ1) is 38.5. The molecule has 0 spiro atoms. The summed E-state index contributed by atoms with van der Waals surface area (Å²) in [4.78, 5) is 49.2. The van der Waals surface area contributed by atoms with Crippen molar-refractivity contribution in [3.05, 3.63) is 91.8 Å². The van der Waals surface area contributed by atoms with Crippen LogP contribution in [-0.4, -0.2) is 89.5 Å². The van der Waals surface area contributed by atoms with Gasteiger partial charge in [-0.1, -0.05) is 35.6 Å². The van der Waals surface area contributed by atoms with Gasteiger partial charge in [0.25, 0.3) is 0 Å². The van der Waals surface area contributed by atoms with Gasteiger partial charge in [0.2, 0.25) is 11.8 Å². The smallest absolute Gasteiger partial charge is 0.339 e. The lowest BCUT2D eigenvalue weighted by Crippen LogP contribution is -2.49. The van der Waals surface area contributed by atoms with Gasteiger partial charge in [0, 0.05) is 71.4 Å². The maximum atomic E-state index is 13.4. The molecule has 2 amide bonds. The van der Waals surface area contributed by atoms with Crippen molar-refractivity contribution < 1.29 is 19.1 Å². The Morgan fingerprint density at radius 3 is 2.48 bits per heavy atom. The molecule has 272 valence electrons. The molecule has 1 saturated heterocycles. The van der Waals surface area contributed by atoms with Crippen molar-refractivity contribution in [1.82, 2.24) is 25.0 Å². The minimum atomic E-state index is -0.596. The van der Waals surface area contributed by atoms with Crippen LogP contribution in [0, 0.1) is 32.6 Å². The number of piperazine rings is 1. The largest absolute Gasteiger partial charge is 0.465 e. The van der Waals surface area contributed by atoms with E-state index in [1.165, 1.54) is 12.0 Å². The minimum Gasteiger partial charge on any atom is -0.465 e. The number of nitrogens with two attached hydrogens (primary N) is 1. The van der Waals surface area contributed by atoms with Gasteiger partial charge in [-0.05, 0) is 56.7 Å². The molecule has 2 aliphatic heterocycles.